The zero-order valence-electron chi connectivity index (χ0n) is 7.93. The minimum atomic E-state index is -3.64. The summed E-state index contributed by atoms with van der Waals surface area (Å²) in [5, 5.41) is 10.8. The molecule has 0 aromatic carbocycles. The highest BCUT2D eigenvalue weighted by atomic mass is 19.3. The Balaban J connectivity index is 2.28. The Labute approximate surface area is 81.5 Å². The summed E-state index contributed by atoms with van der Waals surface area (Å²) >= 11 is 0. The van der Waals surface area contributed by atoms with Crippen LogP contribution in [0.5, 0.6) is 0 Å². The smallest absolute Gasteiger partial charge is 0.375 e. The first-order chi connectivity index (χ1) is 6.52. The molecule has 1 fully saturated rings. The van der Waals surface area contributed by atoms with E-state index in [9.17, 15) is 13.6 Å². The van der Waals surface area contributed by atoms with Crippen LogP contribution in [0.1, 0.15) is 32.1 Å². The SMILES string of the molecule is O=C(O)C(F)(F)CNC1CCCCC1. The van der Waals surface area contributed by atoms with Gasteiger partial charge in [-0.1, -0.05) is 19.3 Å². The maximum Gasteiger partial charge on any atom is 0.375 e. The Morgan fingerprint density at radius 2 is 1.93 bits per heavy atom. The fraction of sp³-hybridized carbons (Fsp3) is 0.889. The molecule has 0 amide bonds. The van der Waals surface area contributed by atoms with E-state index in [1.165, 1.54) is 0 Å². The second-order valence-electron chi connectivity index (χ2n) is 3.73. The Morgan fingerprint density at radius 3 is 2.43 bits per heavy atom. The van der Waals surface area contributed by atoms with E-state index in [0.29, 0.717) is 0 Å². The summed E-state index contributed by atoms with van der Waals surface area (Å²) < 4.78 is 25.3. The van der Waals surface area contributed by atoms with E-state index in [2.05, 4.69) is 5.32 Å². The largest absolute Gasteiger partial charge is 0.477 e. The Bertz CT molecular complexity index is 203. The van der Waals surface area contributed by atoms with Crippen LogP contribution < -0.4 is 5.32 Å². The normalized spacial score (nSPS) is 19.6. The molecule has 5 heteroatoms. The third kappa shape index (κ3) is 3.21. The van der Waals surface area contributed by atoms with Gasteiger partial charge in [0.05, 0.1) is 6.54 Å². The molecule has 3 nitrogen and oxygen atoms in total. The maximum absolute atomic E-state index is 12.6. The van der Waals surface area contributed by atoms with Gasteiger partial charge in [-0.25, -0.2) is 4.79 Å². The first-order valence-corrected chi connectivity index (χ1v) is 4.87. The van der Waals surface area contributed by atoms with E-state index >= 15 is 0 Å². The Hall–Kier alpha value is -0.710. The number of carbonyl (C=O) groups is 1. The molecule has 14 heavy (non-hydrogen) atoms. The molecule has 0 bridgehead atoms. The van der Waals surface area contributed by atoms with Gasteiger partial charge in [0.15, 0.2) is 0 Å². The summed E-state index contributed by atoms with van der Waals surface area (Å²) in [4.78, 5) is 10.1. The highest BCUT2D eigenvalue weighted by Crippen LogP contribution is 2.19. The van der Waals surface area contributed by atoms with Gasteiger partial charge in [-0.3, -0.25) is 0 Å². The van der Waals surface area contributed by atoms with Crippen LogP contribution in [0.15, 0.2) is 0 Å². The number of nitrogens with one attached hydrogen (secondary N) is 1. The molecule has 1 aliphatic rings. The third-order valence-electron chi connectivity index (χ3n) is 2.53. The van der Waals surface area contributed by atoms with Gasteiger partial charge < -0.3 is 10.4 Å². The lowest BCUT2D eigenvalue weighted by molar-refractivity contribution is -0.164. The predicted octanol–water partition coefficient (Wildman–Crippen LogP) is 1.63. The van der Waals surface area contributed by atoms with E-state index in [-0.39, 0.29) is 6.04 Å². The predicted molar refractivity (Wildman–Crippen MR) is 47.5 cm³/mol. The fourth-order valence-corrected chi connectivity index (χ4v) is 1.65. The topological polar surface area (TPSA) is 49.3 Å². The van der Waals surface area contributed by atoms with Crippen molar-refractivity contribution in [3.05, 3.63) is 0 Å². The molecule has 0 spiro atoms. The summed E-state index contributed by atoms with van der Waals surface area (Å²) in [5.41, 5.74) is 0. The van der Waals surface area contributed by atoms with Crippen LogP contribution in [0.3, 0.4) is 0 Å². The number of aliphatic carboxylic acids is 1. The van der Waals surface area contributed by atoms with E-state index in [1.807, 2.05) is 0 Å². The van der Waals surface area contributed by atoms with Crippen molar-refractivity contribution in [3.8, 4) is 0 Å². The monoisotopic (exact) mass is 207 g/mol. The minimum Gasteiger partial charge on any atom is -0.477 e. The van der Waals surface area contributed by atoms with Crippen molar-refractivity contribution >= 4 is 5.97 Å². The molecule has 1 saturated carbocycles. The Kier molecular flexibility index (Phi) is 3.80. The summed E-state index contributed by atoms with van der Waals surface area (Å²) in [6, 6.07) is 0.0639. The van der Waals surface area contributed by atoms with Crippen LogP contribution >= 0.6 is 0 Å². The molecule has 0 saturated heterocycles. The number of carboxylic acids is 1. The van der Waals surface area contributed by atoms with E-state index in [1.54, 1.807) is 0 Å². The van der Waals surface area contributed by atoms with Crippen molar-refractivity contribution in [3.63, 3.8) is 0 Å². The minimum absolute atomic E-state index is 0.0639. The maximum atomic E-state index is 12.6. The molecule has 0 aromatic rings. The number of alkyl halides is 2. The summed E-state index contributed by atoms with van der Waals surface area (Å²) in [7, 11) is 0. The fourth-order valence-electron chi connectivity index (χ4n) is 1.65. The third-order valence-corrected chi connectivity index (χ3v) is 2.53. The van der Waals surface area contributed by atoms with Crippen molar-refractivity contribution in [1.82, 2.24) is 5.32 Å². The standard InChI is InChI=1S/C9H15F2NO2/c10-9(11,8(13)14)6-12-7-4-2-1-3-5-7/h7,12H,1-6H2,(H,13,14). The van der Waals surface area contributed by atoms with Gasteiger partial charge in [0.2, 0.25) is 0 Å². The van der Waals surface area contributed by atoms with Gasteiger partial charge in [0.1, 0.15) is 0 Å². The highest BCUT2D eigenvalue weighted by Gasteiger charge is 2.38. The summed E-state index contributed by atoms with van der Waals surface area (Å²) in [5.74, 6) is -5.70. The number of rotatable bonds is 4. The quantitative estimate of drug-likeness (QED) is 0.736. The van der Waals surface area contributed by atoms with Crippen LogP contribution in [0.25, 0.3) is 0 Å². The van der Waals surface area contributed by atoms with Gasteiger partial charge in [-0.2, -0.15) is 8.78 Å². The first-order valence-electron chi connectivity index (χ1n) is 4.87. The second-order valence-corrected chi connectivity index (χ2v) is 3.73. The van der Waals surface area contributed by atoms with Crippen molar-refractivity contribution in [1.29, 1.82) is 0 Å². The van der Waals surface area contributed by atoms with Crippen LogP contribution in [0, 0.1) is 0 Å². The number of halogens is 2. The van der Waals surface area contributed by atoms with E-state index in [4.69, 9.17) is 5.11 Å². The molecule has 82 valence electrons. The van der Waals surface area contributed by atoms with Crippen molar-refractivity contribution in [2.24, 2.45) is 0 Å². The first kappa shape index (κ1) is 11.4. The van der Waals surface area contributed by atoms with Crippen LogP contribution in [0.2, 0.25) is 0 Å². The molecule has 0 radical (unpaired) electrons. The van der Waals surface area contributed by atoms with E-state index in [0.717, 1.165) is 32.1 Å². The number of hydrogen-bond acceptors (Lipinski definition) is 2. The van der Waals surface area contributed by atoms with Crippen LogP contribution in [-0.4, -0.2) is 29.6 Å². The Morgan fingerprint density at radius 1 is 1.36 bits per heavy atom. The molecule has 1 rings (SSSR count). The molecule has 0 atom stereocenters. The van der Waals surface area contributed by atoms with Crippen LogP contribution in [-0.2, 0) is 4.79 Å². The molecule has 2 N–H and O–H groups in total. The van der Waals surface area contributed by atoms with E-state index < -0.39 is 18.4 Å². The molecule has 0 unspecified atom stereocenters. The number of carboxylic acid groups (broad SMARTS) is 1. The molecule has 0 aromatic heterocycles. The van der Waals surface area contributed by atoms with Gasteiger partial charge in [-0.05, 0) is 12.8 Å². The lowest BCUT2D eigenvalue weighted by Crippen LogP contribution is -2.44. The van der Waals surface area contributed by atoms with Crippen molar-refractivity contribution in [2.45, 2.75) is 44.1 Å². The van der Waals surface area contributed by atoms with Gasteiger partial charge in [0, 0.05) is 6.04 Å². The summed E-state index contributed by atoms with van der Waals surface area (Å²) in [6.07, 6.45) is 4.96. The lowest BCUT2D eigenvalue weighted by atomic mass is 9.95. The van der Waals surface area contributed by atoms with Crippen molar-refractivity contribution in [2.75, 3.05) is 6.54 Å². The van der Waals surface area contributed by atoms with Gasteiger partial charge in [-0.15, -0.1) is 0 Å². The molecular formula is C9H15F2NO2. The average Bonchev–Trinajstić information content (AvgIpc) is 2.16. The number of hydrogen-bond donors (Lipinski definition) is 2. The zero-order chi connectivity index (χ0) is 10.6. The molecule has 1 aliphatic carbocycles. The zero-order valence-corrected chi connectivity index (χ0v) is 7.93. The highest BCUT2D eigenvalue weighted by molar-refractivity contribution is 5.75. The van der Waals surface area contributed by atoms with Gasteiger partial charge >= 0.3 is 11.9 Å². The van der Waals surface area contributed by atoms with Gasteiger partial charge in [0.25, 0.3) is 0 Å². The van der Waals surface area contributed by atoms with Crippen molar-refractivity contribution < 1.29 is 18.7 Å². The summed E-state index contributed by atoms with van der Waals surface area (Å²) in [6.45, 7) is -0.757. The molecule has 0 aliphatic heterocycles. The second kappa shape index (κ2) is 4.68. The molecular weight excluding hydrogens is 192 g/mol. The average molecular weight is 207 g/mol. The molecule has 0 heterocycles. The van der Waals surface area contributed by atoms with Crippen LogP contribution in [0.4, 0.5) is 8.78 Å². The lowest BCUT2D eigenvalue weighted by Gasteiger charge is -2.24.